The van der Waals surface area contributed by atoms with E-state index in [-0.39, 0.29) is 23.5 Å². The molecule has 0 aliphatic carbocycles. The van der Waals surface area contributed by atoms with E-state index in [1.54, 1.807) is 12.1 Å². The number of benzene rings is 1. The topological polar surface area (TPSA) is 65.1 Å². The smallest absolute Gasteiger partial charge is 0.241 e. The maximum atomic E-state index is 13.9. The summed E-state index contributed by atoms with van der Waals surface area (Å²) in [5, 5.41) is 2.66. The van der Waals surface area contributed by atoms with Gasteiger partial charge in [0.25, 0.3) is 0 Å². The number of amides is 2. The number of hydrogen-bond acceptors (Lipinski definition) is 5. The Balaban J connectivity index is 1.45. The number of hydrogen-bond donors (Lipinski definition) is 1. The molecule has 1 N–H and O–H groups in total. The van der Waals surface area contributed by atoms with Gasteiger partial charge in [0.15, 0.2) is 0 Å². The second-order valence-corrected chi connectivity index (χ2v) is 8.01. The molecule has 2 aliphatic rings. The summed E-state index contributed by atoms with van der Waals surface area (Å²) in [5.74, 6) is -0.575. The lowest BCUT2D eigenvalue weighted by Crippen LogP contribution is -2.55. The van der Waals surface area contributed by atoms with Gasteiger partial charge in [-0.05, 0) is 25.1 Å². The van der Waals surface area contributed by atoms with Gasteiger partial charge in [0.1, 0.15) is 5.82 Å². The predicted octanol–water partition coefficient (Wildman–Crippen LogP) is 1.39. The fourth-order valence-electron chi connectivity index (χ4n) is 3.41. The van der Waals surface area contributed by atoms with Crippen LogP contribution >= 0.6 is 15.9 Å². The summed E-state index contributed by atoms with van der Waals surface area (Å²) in [6.45, 7) is 7.56. The lowest BCUT2D eigenvalue weighted by molar-refractivity contribution is -0.137. The van der Waals surface area contributed by atoms with Gasteiger partial charge >= 0.3 is 0 Å². The largest absolute Gasteiger partial charge is 0.378 e. The Kier molecular flexibility index (Phi) is 7.39. The van der Waals surface area contributed by atoms with Crippen LogP contribution in [-0.4, -0.2) is 91.6 Å². The summed E-state index contributed by atoms with van der Waals surface area (Å²) in [7, 11) is 0. The molecule has 0 spiro atoms. The van der Waals surface area contributed by atoms with Crippen molar-refractivity contribution in [2.75, 3.05) is 64.3 Å². The van der Waals surface area contributed by atoms with Crippen molar-refractivity contribution in [2.45, 2.75) is 13.0 Å². The fourth-order valence-corrected chi connectivity index (χ4v) is 3.74. The monoisotopic (exact) mass is 456 g/mol. The molecule has 0 bridgehead atoms. The summed E-state index contributed by atoms with van der Waals surface area (Å²) in [5.41, 5.74) is 0.176. The molecule has 28 heavy (non-hydrogen) atoms. The first-order valence-corrected chi connectivity index (χ1v) is 10.3. The van der Waals surface area contributed by atoms with Crippen LogP contribution in [0.25, 0.3) is 0 Å². The van der Waals surface area contributed by atoms with Crippen LogP contribution in [0, 0.1) is 5.82 Å². The number of piperazine rings is 1. The summed E-state index contributed by atoms with van der Waals surface area (Å²) in [6.07, 6.45) is 0. The first-order chi connectivity index (χ1) is 13.4. The van der Waals surface area contributed by atoms with E-state index < -0.39 is 5.82 Å². The van der Waals surface area contributed by atoms with Crippen molar-refractivity contribution < 1.29 is 18.7 Å². The molecule has 1 aromatic rings. The van der Waals surface area contributed by atoms with E-state index in [0.717, 1.165) is 13.1 Å². The zero-order valence-electron chi connectivity index (χ0n) is 16.0. The highest BCUT2D eigenvalue weighted by molar-refractivity contribution is 9.10. The van der Waals surface area contributed by atoms with Gasteiger partial charge < -0.3 is 15.0 Å². The highest BCUT2D eigenvalue weighted by Crippen LogP contribution is 2.20. The quantitative estimate of drug-likeness (QED) is 0.725. The van der Waals surface area contributed by atoms with Gasteiger partial charge in [-0.1, -0.05) is 15.9 Å². The van der Waals surface area contributed by atoms with Crippen molar-refractivity contribution >= 4 is 33.4 Å². The van der Waals surface area contributed by atoms with E-state index in [4.69, 9.17) is 4.74 Å². The number of nitrogens with zero attached hydrogens (tertiary/aromatic N) is 3. The van der Waals surface area contributed by atoms with Crippen molar-refractivity contribution in [3.8, 4) is 0 Å². The van der Waals surface area contributed by atoms with Crippen molar-refractivity contribution in [1.29, 1.82) is 0 Å². The molecule has 0 aromatic heterocycles. The van der Waals surface area contributed by atoms with Crippen LogP contribution in [-0.2, 0) is 14.3 Å². The number of morpholine rings is 1. The number of carbonyl (C=O) groups excluding carboxylic acids is 2. The third-order valence-corrected chi connectivity index (χ3v) is 5.74. The van der Waals surface area contributed by atoms with Crippen LogP contribution in [0.5, 0.6) is 0 Å². The molecule has 1 atom stereocenters. The number of carbonyl (C=O) groups is 2. The molecule has 2 fully saturated rings. The molecular weight excluding hydrogens is 431 g/mol. The molecule has 2 aliphatic heterocycles. The molecule has 1 aromatic carbocycles. The average Bonchev–Trinajstić information content (AvgIpc) is 2.70. The first-order valence-electron chi connectivity index (χ1n) is 9.52. The summed E-state index contributed by atoms with van der Waals surface area (Å²) < 4.78 is 19.8. The lowest BCUT2D eigenvalue weighted by Gasteiger charge is -2.38. The molecule has 2 heterocycles. The molecule has 9 heteroatoms. The third-order valence-electron chi connectivity index (χ3n) is 5.25. The minimum atomic E-state index is -0.471. The minimum Gasteiger partial charge on any atom is -0.378 e. The molecule has 2 amide bonds. The second kappa shape index (κ2) is 9.78. The summed E-state index contributed by atoms with van der Waals surface area (Å²) >= 11 is 3.20. The SMILES string of the molecule is C[C@H](C(=O)Nc1ccc(Br)cc1F)N1CCN(CC(=O)N2CCOCC2)CC1. The summed E-state index contributed by atoms with van der Waals surface area (Å²) in [6, 6.07) is 4.18. The molecule has 3 rings (SSSR count). The molecule has 0 radical (unpaired) electrons. The predicted molar refractivity (Wildman–Crippen MR) is 108 cm³/mol. The summed E-state index contributed by atoms with van der Waals surface area (Å²) in [4.78, 5) is 30.9. The maximum Gasteiger partial charge on any atom is 0.241 e. The number of nitrogens with one attached hydrogen (secondary N) is 1. The van der Waals surface area contributed by atoms with E-state index in [0.29, 0.717) is 50.4 Å². The Morgan fingerprint density at radius 2 is 1.86 bits per heavy atom. The standard InChI is InChI=1S/C19H26BrFN4O3/c1-14(19(27)22-17-3-2-15(20)12-16(17)21)24-6-4-23(5-7-24)13-18(26)25-8-10-28-11-9-25/h2-3,12,14H,4-11,13H2,1H3,(H,22,27)/t14-/m1/s1. The van der Waals surface area contributed by atoms with E-state index in [9.17, 15) is 14.0 Å². The first kappa shape index (κ1) is 21.2. The van der Waals surface area contributed by atoms with Crippen LogP contribution in [0.3, 0.4) is 0 Å². The number of halogens is 2. The van der Waals surface area contributed by atoms with Crippen LogP contribution in [0.15, 0.2) is 22.7 Å². The molecule has 154 valence electrons. The zero-order valence-corrected chi connectivity index (χ0v) is 17.6. The van der Waals surface area contributed by atoms with Crippen molar-refractivity contribution in [2.24, 2.45) is 0 Å². The van der Waals surface area contributed by atoms with Crippen LogP contribution in [0.1, 0.15) is 6.92 Å². The minimum absolute atomic E-state index is 0.133. The molecule has 0 saturated carbocycles. The highest BCUT2D eigenvalue weighted by Gasteiger charge is 2.28. The van der Waals surface area contributed by atoms with Gasteiger partial charge in [-0.2, -0.15) is 0 Å². The second-order valence-electron chi connectivity index (χ2n) is 7.09. The van der Waals surface area contributed by atoms with Crippen LogP contribution in [0.4, 0.5) is 10.1 Å². The van der Waals surface area contributed by atoms with Gasteiger partial charge in [-0.3, -0.25) is 19.4 Å². The van der Waals surface area contributed by atoms with Crippen LogP contribution in [0.2, 0.25) is 0 Å². The molecule has 2 saturated heterocycles. The van der Waals surface area contributed by atoms with Crippen molar-refractivity contribution in [3.05, 3.63) is 28.5 Å². The number of rotatable bonds is 5. The number of ether oxygens (including phenoxy) is 1. The Morgan fingerprint density at radius 3 is 2.50 bits per heavy atom. The van der Waals surface area contributed by atoms with Crippen LogP contribution < -0.4 is 5.32 Å². The van der Waals surface area contributed by atoms with E-state index >= 15 is 0 Å². The van der Waals surface area contributed by atoms with Gasteiger partial charge in [0.05, 0.1) is 31.5 Å². The van der Waals surface area contributed by atoms with Gasteiger partial charge in [0.2, 0.25) is 11.8 Å². The Labute approximate surface area is 172 Å². The molecule has 0 unspecified atom stereocenters. The molecular formula is C19H26BrFN4O3. The third kappa shape index (κ3) is 5.50. The normalized spacial score (nSPS) is 20.0. The highest BCUT2D eigenvalue weighted by atomic mass is 79.9. The van der Waals surface area contributed by atoms with E-state index in [1.807, 2.05) is 11.8 Å². The van der Waals surface area contributed by atoms with E-state index in [2.05, 4.69) is 31.0 Å². The Morgan fingerprint density at radius 1 is 1.18 bits per heavy atom. The maximum absolute atomic E-state index is 13.9. The van der Waals surface area contributed by atoms with Gasteiger partial charge in [-0.25, -0.2) is 4.39 Å². The van der Waals surface area contributed by atoms with Gasteiger partial charge in [0, 0.05) is 43.7 Å². The lowest BCUT2D eigenvalue weighted by atomic mass is 10.2. The Hall–Kier alpha value is -1.55. The fraction of sp³-hybridized carbons (Fsp3) is 0.579. The van der Waals surface area contributed by atoms with Crippen molar-refractivity contribution in [1.82, 2.24) is 14.7 Å². The number of anilines is 1. The van der Waals surface area contributed by atoms with Crippen molar-refractivity contribution in [3.63, 3.8) is 0 Å². The Bertz CT molecular complexity index is 706. The van der Waals surface area contributed by atoms with Gasteiger partial charge in [-0.15, -0.1) is 0 Å². The van der Waals surface area contributed by atoms with E-state index in [1.165, 1.54) is 6.07 Å². The average molecular weight is 457 g/mol. The zero-order chi connectivity index (χ0) is 20.1. The molecule has 7 nitrogen and oxygen atoms in total.